The summed E-state index contributed by atoms with van der Waals surface area (Å²) in [6, 6.07) is 11.8. The molecule has 4 nitrogen and oxygen atoms in total. The fourth-order valence-electron chi connectivity index (χ4n) is 2.83. The van der Waals surface area contributed by atoms with Crippen molar-refractivity contribution in [1.82, 2.24) is 4.90 Å². The molecule has 3 rings (SSSR count). The fraction of sp³-hybridized carbons (Fsp3) is 0.421. The number of aryl methyl sites for hydroxylation is 1. The molecule has 0 spiro atoms. The van der Waals surface area contributed by atoms with E-state index in [9.17, 15) is 4.79 Å². The van der Waals surface area contributed by atoms with Crippen molar-refractivity contribution < 1.29 is 14.3 Å². The minimum absolute atomic E-state index is 0.110. The summed E-state index contributed by atoms with van der Waals surface area (Å²) in [5, 5.41) is 2.08. The van der Waals surface area contributed by atoms with Gasteiger partial charge in [0.1, 0.15) is 6.61 Å². The quantitative estimate of drug-likeness (QED) is 0.767. The van der Waals surface area contributed by atoms with Gasteiger partial charge in [-0.15, -0.1) is 11.3 Å². The predicted molar refractivity (Wildman–Crippen MR) is 95.9 cm³/mol. The highest BCUT2D eigenvalue weighted by Gasteiger charge is 2.24. The van der Waals surface area contributed by atoms with E-state index in [0.717, 1.165) is 24.3 Å². The van der Waals surface area contributed by atoms with Gasteiger partial charge < -0.3 is 14.4 Å². The molecule has 0 N–H and O–H groups in total. The average molecular weight is 345 g/mol. The number of nitrogens with zero attached hydrogens (tertiary/aromatic N) is 1. The first-order chi connectivity index (χ1) is 11.8. The Bertz CT molecular complexity index is 656. The summed E-state index contributed by atoms with van der Waals surface area (Å²) >= 11 is 1.75. The maximum atomic E-state index is 12.5. The zero-order valence-corrected chi connectivity index (χ0v) is 14.8. The topological polar surface area (TPSA) is 38.8 Å². The highest BCUT2D eigenvalue weighted by molar-refractivity contribution is 7.09. The van der Waals surface area contributed by atoms with Gasteiger partial charge in [-0.25, -0.2) is 0 Å². The Morgan fingerprint density at radius 3 is 2.83 bits per heavy atom. The van der Waals surface area contributed by atoms with Gasteiger partial charge in [0.25, 0.3) is 0 Å². The lowest BCUT2D eigenvalue weighted by molar-refractivity contribution is -0.132. The van der Waals surface area contributed by atoms with Gasteiger partial charge in [-0.2, -0.15) is 0 Å². The molecule has 0 aliphatic carbocycles. The van der Waals surface area contributed by atoms with E-state index in [0.29, 0.717) is 26.1 Å². The summed E-state index contributed by atoms with van der Waals surface area (Å²) < 4.78 is 11.7. The number of para-hydroxylation sites is 2. The number of thiophene rings is 1. The molecule has 1 unspecified atom stereocenters. The van der Waals surface area contributed by atoms with Crippen molar-refractivity contribution in [1.29, 1.82) is 0 Å². The summed E-state index contributed by atoms with van der Waals surface area (Å²) in [4.78, 5) is 15.7. The second-order valence-corrected chi connectivity index (χ2v) is 6.90. The van der Waals surface area contributed by atoms with E-state index in [1.807, 2.05) is 36.1 Å². The zero-order chi connectivity index (χ0) is 16.8. The second kappa shape index (κ2) is 8.20. The molecule has 0 radical (unpaired) electrons. The van der Waals surface area contributed by atoms with Crippen LogP contribution in [0.15, 0.2) is 41.8 Å². The standard InChI is InChI=1S/C19H23NO3S/c1-2-20(19(21)11-5-7-16-8-6-12-24-16)13-15-14-22-17-9-3-4-10-18(17)23-15/h3-4,6,8-10,12,15H,2,5,7,11,13-14H2,1H3. The molecule has 1 aromatic carbocycles. The monoisotopic (exact) mass is 345 g/mol. The van der Waals surface area contributed by atoms with Gasteiger partial charge in [0.2, 0.25) is 5.91 Å². The minimum atomic E-state index is -0.110. The first kappa shape index (κ1) is 16.8. The number of hydrogen-bond donors (Lipinski definition) is 0. The van der Waals surface area contributed by atoms with E-state index in [2.05, 4.69) is 17.5 Å². The molecule has 24 heavy (non-hydrogen) atoms. The Labute approximate surface area is 147 Å². The first-order valence-electron chi connectivity index (χ1n) is 8.45. The van der Waals surface area contributed by atoms with Crippen LogP contribution >= 0.6 is 11.3 Å². The molecule has 1 amide bonds. The lowest BCUT2D eigenvalue weighted by Gasteiger charge is -2.31. The number of likely N-dealkylation sites (N-methyl/N-ethyl adjacent to an activating group) is 1. The van der Waals surface area contributed by atoms with Crippen molar-refractivity contribution in [3.05, 3.63) is 46.7 Å². The van der Waals surface area contributed by atoms with Gasteiger partial charge in [-0.3, -0.25) is 4.79 Å². The van der Waals surface area contributed by atoms with Gasteiger partial charge in [-0.05, 0) is 43.3 Å². The Hall–Kier alpha value is -2.01. The number of fused-ring (bicyclic) bond motifs is 1. The molecule has 0 saturated heterocycles. The molecule has 0 saturated carbocycles. The molecular weight excluding hydrogens is 322 g/mol. The van der Waals surface area contributed by atoms with Crippen LogP contribution in [0.4, 0.5) is 0 Å². The lowest BCUT2D eigenvalue weighted by atomic mass is 10.2. The largest absolute Gasteiger partial charge is 0.486 e. The number of ether oxygens (including phenoxy) is 2. The van der Waals surface area contributed by atoms with Crippen molar-refractivity contribution in [2.24, 2.45) is 0 Å². The van der Waals surface area contributed by atoms with Crippen molar-refractivity contribution in [2.45, 2.75) is 32.3 Å². The zero-order valence-electron chi connectivity index (χ0n) is 13.9. The molecule has 1 aromatic heterocycles. The van der Waals surface area contributed by atoms with Gasteiger partial charge in [0.15, 0.2) is 17.6 Å². The first-order valence-corrected chi connectivity index (χ1v) is 9.33. The molecule has 128 valence electrons. The molecular formula is C19H23NO3S. The van der Waals surface area contributed by atoms with Gasteiger partial charge in [0, 0.05) is 17.8 Å². The summed E-state index contributed by atoms with van der Waals surface area (Å²) in [5.74, 6) is 1.73. The third kappa shape index (κ3) is 4.29. The molecule has 0 bridgehead atoms. The maximum Gasteiger partial charge on any atom is 0.222 e. The van der Waals surface area contributed by atoms with Crippen LogP contribution in [-0.2, 0) is 11.2 Å². The van der Waals surface area contributed by atoms with Crippen LogP contribution in [0.2, 0.25) is 0 Å². The summed E-state index contributed by atoms with van der Waals surface area (Å²) in [6.45, 7) is 3.76. The average Bonchev–Trinajstić information content (AvgIpc) is 3.13. The summed E-state index contributed by atoms with van der Waals surface area (Å²) in [7, 11) is 0. The Morgan fingerprint density at radius 1 is 1.25 bits per heavy atom. The van der Waals surface area contributed by atoms with E-state index in [4.69, 9.17) is 9.47 Å². The molecule has 1 atom stereocenters. The smallest absolute Gasteiger partial charge is 0.222 e. The van der Waals surface area contributed by atoms with E-state index >= 15 is 0 Å². The van der Waals surface area contributed by atoms with E-state index in [-0.39, 0.29) is 12.0 Å². The van der Waals surface area contributed by atoms with Crippen molar-refractivity contribution >= 4 is 17.2 Å². The SMILES string of the molecule is CCN(CC1COc2ccccc2O1)C(=O)CCCc1cccs1. The Kier molecular flexibility index (Phi) is 5.75. The van der Waals surface area contributed by atoms with Crippen molar-refractivity contribution in [3.63, 3.8) is 0 Å². The Morgan fingerprint density at radius 2 is 2.08 bits per heavy atom. The molecule has 1 aliphatic rings. The number of carbonyl (C=O) groups is 1. The highest BCUT2D eigenvalue weighted by atomic mass is 32.1. The number of benzene rings is 1. The molecule has 0 fully saturated rings. The van der Waals surface area contributed by atoms with E-state index in [1.54, 1.807) is 11.3 Å². The van der Waals surface area contributed by atoms with E-state index in [1.165, 1.54) is 4.88 Å². The summed E-state index contributed by atoms with van der Waals surface area (Å²) in [6.07, 6.45) is 2.33. The van der Waals surface area contributed by atoms with Gasteiger partial charge >= 0.3 is 0 Å². The maximum absolute atomic E-state index is 12.5. The normalized spacial score (nSPS) is 16.0. The van der Waals surface area contributed by atoms with Gasteiger partial charge in [-0.1, -0.05) is 18.2 Å². The van der Waals surface area contributed by atoms with Crippen LogP contribution in [0.1, 0.15) is 24.6 Å². The van der Waals surface area contributed by atoms with E-state index < -0.39 is 0 Å². The predicted octanol–water partition coefficient (Wildman–Crippen LogP) is 3.76. The van der Waals surface area contributed by atoms with Crippen molar-refractivity contribution in [3.8, 4) is 11.5 Å². The highest BCUT2D eigenvalue weighted by Crippen LogP contribution is 2.31. The third-order valence-corrected chi connectivity index (χ3v) is 5.06. The van der Waals surface area contributed by atoms with Crippen LogP contribution in [0.3, 0.4) is 0 Å². The van der Waals surface area contributed by atoms with Crippen LogP contribution < -0.4 is 9.47 Å². The fourth-order valence-corrected chi connectivity index (χ4v) is 3.58. The summed E-state index contributed by atoms with van der Waals surface area (Å²) in [5.41, 5.74) is 0. The minimum Gasteiger partial charge on any atom is -0.486 e. The number of rotatable bonds is 7. The number of amides is 1. The van der Waals surface area contributed by atoms with Crippen LogP contribution in [0.5, 0.6) is 11.5 Å². The molecule has 5 heteroatoms. The van der Waals surface area contributed by atoms with Crippen LogP contribution in [-0.4, -0.2) is 36.6 Å². The van der Waals surface area contributed by atoms with Gasteiger partial charge in [0.05, 0.1) is 6.54 Å². The lowest BCUT2D eigenvalue weighted by Crippen LogP contribution is -2.43. The van der Waals surface area contributed by atoms with Crippen LogP contribution in [0.25, 0.3) is 0 Å². The third-order valence-electron chi connectivity index (χ3n) is 4.12. The number of hydrogen-bond acceptors (Lipinski definition) is 4. The molecule has 2 heterocycles. The number of carbonyl (C=O) groups excluding carboxylic acids is 1. The molecule has 2 aromatic rings. The second-order valence-electron chi connectivity index (χ2n) is 5.86. The van der Waals surface area contributed by atoms with Crippen LogP contribution in [0, 0.1) is 0 Å². The molecule has 1 aliphatic heterocycles. The Balaban J connectivity index is 1.48. The van der Waals surface area contributed by atoms with Crippen molar-refractivity contribution in [2.75, 3.05) is 19.7 Å².